The molecule has 0 saturated carbocycles. The highest BCUT2D eigenvalue weighted by Gasteiger charge is 2.08. The number of ether oxygens (including phenoxy) is 1. The van der Waals surface area contributed by atoms with Crippen LogP contribution in [0.5, 0.6) is 5.75 Å². The van der Waals surface area contributed by atoms with Crippen LogP contribution >= 0.6 is 0 Å². The smallest absolute Gasteiger partial charge is 0.281 e. The van der Waals surface area contributed by atoms with Crippen LogP contribution in [0.25, 0.3) is 5.65 Å². The van der Waals surface area contributed by atoms with Gasteiger partial charge in [-0.05, 0) is 18.2 Å². The van der Waals surface area contributed by atoms with Crippen molar-refractivity contribution in [2.24, 2.45) is 0 Å². The van der Waals surface area contributed by atoms with Gasteiger partial charge in [-0.25, -0.2) is 4.98 Å². The quantitative estimate of drug-likeness (QED) is 0.710. The van der Waals surface area contributed by atoms with Crippen LogP contribution in [0.3, 0.4) is 0 Å². The second-order valence-electron chi connectivity index (χ2n) is 5.35. The Morgan fingerprint density at radius 3 is 2.84 bits per heavy atom. The number of nitrogens with zero attached hydrogens (tertiary/aromatic N) is 2. The molecule has 0 bridgehead atoms. The van der Waals surface area contributed by atoms with Gasteiger partial charge in [0.15, 0.2) is 0 Å². The normalized spacial score (nSPS) is 10.4. The maximum absolute atomic E-state index is 12.3. The van der Waals surface area contributed by atoms with E-state index < -0.39 is 0 Å². The summed E-state index contributed by atoms with van der Waals surface area (Å²) in [5.41, 5.74) is 1.46. The maximum atomic E-state index is 12.3. The molecule has 7 heteroatoms. The molecule has 0 aliphatic rings. The minimum absolute atomic E-state index is 0.0228. The number of methoxy groups -OCH3 is 1. The summed E-state index contributed by atoms with van der Waals surface area (Å²) in [5, 5.41) is 5.62. The van der Waals surface area contributed by atoms with Crippen molar-refractivity contribution in [2.45, 2.75) is 6.54 Å². The van der Waals surface area contributed by atoms with Crippen LogP contribution in [0.2, 0.25) is 0 Å². The Labute approximate surface area is 144 Å². The van der Waals surface area contributed by atoms with Crippen molar-refractivity contribution < 1.29 is 9.53 Å². The van der Waals surface area contributed by atoms with E-state index in [2.05, 4.69) is 15.6 Å². The second kappa shape index (κ2) is 7.48. The molecule has 2 heterocycles. The number of para-hydroxylation sites is 1. The number of benzene rings is 1. The standard InChI is InChI=1S/C18H18N4O3/c1-25-15-7-3-2-6-13(15)10-21-17(23)12-19-14-11-20-16-8-4-5-9-22(16)18(14)24/h2-9,11,19H,10,12H2,1H3,(H,21,23). The van der Waals surface area contributed by atoms with Crippen LogP contribution in [0.1, 0.15) is 5.56 Å². The first-order valence-electron chi connectivity index (χ1n) is 7.78. The van der Waals surface area contributed by atoms with E-state index in [1.165, 1.54) is 10.6 Å². The Balaban J connectivity index is 1.61. The number of hydrogen-bond acceptors (Lipinski definition) is 5. The third-order valence-corrected chi connectivity index (χ3v) is 3.72. The van der Waals surface area contributed by atoms with Crippen LogP contribution in [0.4, 0.5) is 5.69 Å². The Morgan fingerprint density at radius 2 is 2.00 bits per heavy atom. The fourth-order valence-corrected chi connectivity index (χ4v) is 2.43. The van der Waals surface area contributed by atoms with Gasteiger partial charge in [-0.3, -0.25) is 14.0 Å². The zero-order valence-corrected chi connectivity index (χ0v) is 13.7. The monoisotopic (exact) mass is 338 g/mol. The molecule has 0 saturated heterocycles. The summed E-state index contributed by atoms with van der Waals surface area (Å²) in [6, 6.07) is 12.8. The second-order valence-corrected chi connectivity index (χ2v) is 5.35. The van der Waals surface area contributed by atoms with Gasteiger partial charge >= 0.3 is 0 Å². The molecule has 1 amide bonds. The summed E-state index contributed by atoms with van der Waals surface area (Å²) in [6.07, 6.45) is 3.07. The number of rotatable bonds is 6. The number of nitrogens with one attached hydrogen (secondary N) is 2. The lowest BCUT2D eigenvalue weighted by molar-refractivity contribution is -0.119. The highest BCUT2D eigenvalue weighted by molar-refractivity contribution is 5.80. The molecule has 3 aromatic rings. The Kier molecular flexibility index (Phi) is 4.94. The Morgan fingerprint density at radius 1 is 1.20 bits per heavy atom. The van der Waals surface area contributed by atoms with Crippen LogP contribution in [-0.4, -0.2) is 28.9 Å². The first-order valence-corrected chi connectivity index (χ1v) is 7.78. The van der Waals surface area contributed by atoms with Gasteiger partial charge in [-0.2, -0.15) is 0 Å². The SMILES string of the molecule is COc1ccccc1CNC(=O)CNc1cnc2ccccn2c1=O. The highest BCUT2D eigenvalue weighted by atomic mass is 16.5. The molecule has 1 aromatic carbocycles. The topological polar surface area (TPSA) is 84.7 Å². The van der Waals surface area contributed by atoms with Gasteiger partial charge in [-0.15, -0.1) is 0 Å². The maximum Gasteiger partial charge on any atom is 0.281 e. The molecule has 0 unspecified atom stereocenters. The molecule has 2 aromatic heterocycles. The molecule has 0 radical (unpaired) electrons. The summed E-state index contributed by atoms with van der Waals surface area (Å²) in [7, 11) is 1.59. The minimum atomic E-state index is -0.247. The number of pyridine rings is 1. The molecule has 7 nitrogen and oxygen atoms in total. The van der Waals surface area contributed by atoms with Gasteiger partial charge in [0.05, 0.1) is 19.9 Å². The van der Waals surface area contributed by atoms with Gasteiger partial charge in [0.2, 0.25) is 5.91 Å². The average Bonchev–Trinajstić information content (AvgIpc) is 2.66. The van der Waals surface area contributed by atoms with Crippen molar-refractivity contribution in [1.29, 1.82) is 0 Å². The molecular weight excluding hydrogens is 320 g/mol. The minimum Gasteiger partial charge on any atom is -0.496 e. The van der Waals surface area contributed by atoms with E-state index in [9.17, 15) is 9.59 Å². The van der Waals surface area contributed by atoms with E-state index in [0.717, 1.165) is 5.56 Å². The van der Waals surface area contributed by atoms with Gasteiger partial charge < -0.3 is 15.4 Å². The zero-order chi connectivity index (χ0) is 17.6. The average molecular weight is 338 g/mol. The lowest BCUT2D eigenvalue weighted by Gasteiger charge is -2.10. The Hall–Kier alpha value is -3.35. The predicted molar refractivity (Wildman–Crippen MR) is 94.8 cm³/mol. The summed E-state index contributed by atoms with van der Waals surface area (Å²) in [4.78, 5) is 28.5. The van der Waals surface area contributed by atoms with Crippen molar-refractivity contribution >= 4 is 17.2 Å². The first-order chi connectivity index (χ1) is 12.2. The summed E-state index contributed by atoms with van der Waals surface area (Å²) in [5.74, 6) is 0.483. The van der Waals surface area contributed by atoms with Crippen molar-refractivity contribution in [1.82, 2.24) is 14.7 Å². The molecule has 128 valence electrons. The molecule has 0 atom stereocenters. The largest absolute Gasteiger partial charge is 0.496 e. The molecule has 25 heavy (non-hydrogen) atoms. The highest BCUT2D eigenvalue weighted by Crippen LogP contribution is 2.16. The van der Waals surface area contributed by atoms with Gasteiger partial charge in [0.1, 0.15) is 17.1 Å². The number of hydrogen-bond donors (Lipinski definition) is 2. The van der Waals surface area contributed by atoms with Gasteiger partial charge in [0.25, 0.3) is 5.56 Å². The van der Waals surface area contributed by atoms with E-state index in [1.807, 2.05) is 24.3 Å². The number of amides is 1. The molecule has 0 aliphatic carbocycles. The van der Waals surface area contributed by atoms with Gasteiger partial charge in [0, 0.05) is 18.3 Å². The van der Waals surface area contributed by atoms with Gasteiger partial charge in [-0.1, -0.05) is 24.3 Å². The van der Waals surface area contributed by atoms with Crippen molar-refractivity contribution in [3.8, 4) is 5.75 Å². The lowest BCUT2D eigenvalue weighted by atomic mass is 10.2. The molecule has 2 N–H and O–H groups in total. The molecule has 0 spiro atoms. The molecular formula is C18H18N4O3. The van der Waals surface area contributed by atoms with Crippen molar-refractivity contribution in [3.63, 3.8) is 0 Å². The lowest BCUT2D eigenvalue weighted by Crippen LogP contribution is -2.31. The summed E-state index contributed by atoms with van der Waals surface area (Å²) in [6.45, 7) is 0.324. The number of anilines is 1. The van der Waals surface area contributed by atoms with Crippen molar-refractivity contribution in [2.75, 3.05) is 19.0 Å². The first kappa shape index (κ1) is 16.5. The fraction of sp³-hybridized carbons (Fsp3) is 0.167. The summed E-state index contributed by atoms with van der Waals surface area (Å²) < 4.78 is 6.67. The van der Waals surface area contributed by atoms with E-state index in [0.29, 0.717) is 17.9 Å². The Bertz CT molecular complexity index is 952. The summed E-state index contributed by atoms with van der Waals surface area (Å²) >= 11 is 0. The number of fused-ring (bicyclic) bond motifs is 1. The third-order valence-electron chi connectivity index (χ3n) is 3.72. The molecule has 0 aliphatic heterocycles. The zero-order valence-electron chi connectivity index (χ0n) is 13.7. The fourth-order valence-electron chi connectivity index (χ4n) is 2.43. The van der Waals surface area contributed by atoms with Crippen LogP contribution in [-0.2, 0) is 11.3 Å². The van der Waals surface area contributed by atoms with E-state index >= 15 is 0 Å². The number of carbonyl (C=O) groups excluding carboxylic acids is 1. The van der Waals surface area contributed by atoms with Crippen LogP contribution in [0, 0.1) is 0 Å². The number of carbonyl (C=O) groups is 1. The molecule has 0 fully saturated rings. The molecule has 3 rings (SSSR count). The van der Waals surface area contributed by atoms with E-state index in [-0.39, 0.29) is 23.7 Å². The van der Waals surface area contributed by atoms with E-state index in [4.69, 9.17) is 4.74 Å². The van der Waals surface area contributed by atoms with E-state index in [1.54, 1.807) is 31.5 Å². The number of aromatic nitrogens is 2. The van der Waals surface area contributed by atoms with Crippen LogP contribution < -0.4 is 20.9 Å². The predicted octanol–water partition coefficient (Wildman–Crippen LogP) is 1.43. The third kappa shape index (κ3) is 3.77. The van der Waals surface area contributed by atoms with Crippen LogP contribution in [0.15, 0.2) is 59.7 Å². The van der Waals surface area contributed by atoms with Crippen molar-refractivity contribution in [3.05, 3.63) is 70.8 Å².